The Morgan fingerprint density at radius 1 is 0.430 bits per heavy atom. The van der Waals surface area contributed by atoms with E-state index in [2.05, 4.69) is 26.8 Å². The third kappa shape index (κ3) is 14.4. The fourth-order valence-electron chi connectivity index (χ4n) is 12.3. The maximum absolute atomic E-state index is 11.9. The fourth-order valence-corrected chi connectivity index (χ4v) is 12.3. The molecule has 23 fully saturated rings. The summed E-state index contributed by atoms with van der Waals surface area (Å²) in [5, 5.41) is 181. The molecular weight excluding hydrogens is 1150 g/mol. The highest BCUT2D eigenvalue weighted by Gasteiger charge is 2.59. The first-order valence-corrected chi connectivity index (χ1v) is 29.0. The minimum absolute atomic E-state index is 0.0370. The lowest BCUT2D eigenvalue weighted by molar-refractivity contribution is -0.403. The minimum atomic E-state index is -2.15. The van der Waals surface area contributed by atoms with Gasteiger partial charge in [0.15, 0.2) is 44.0 Å². The molecule has 0 aromatic heterocycles. The summed E-state index contributed by atoms with van der Waals surface area (Å²) in [4.78, 5) is 0. The average molecular weight is 1240 g/mol. The summed E-state index contributed by atoms with van der Waals surface area (Å²) in [6.45, 7) is 5.23. The number of ether oxygens (including phenoxy) is 14. The molecule has 86 heavy (non-hydrogen) atoms. The van der Waals surface area contributed by atoms with Gasteiger partial charge in [0, 0.05) is 0 Å². The molecule has 0 saturated carbocycles. The van der Waals surface area contributed by atoms with Crippen LogP contribution in [-0.4, -0.2) is 312 Å². The van der Waals surface area contributed by atoms with E-state index < -0.39 is 230 Å². The Labute approximate surface area is 495 Å². The van der Waals surface area contributed by atoms with Crippen LogP contribution < -0.4 is 0 Å². The van der Waals surface area contributed by atoms with Gasteiger partial charge in [0.1, 0.15) is 146 Å². The quantitative estimate of drug-likeness (QED) is 0.0955. The van der Waals surface area contributed by atoms with Gasteiger partial charge in [-0.05, 0) is 57.1 Å². The molecule has 0 radical (unpaired) electrons. The van der Waals surface area contributed by atoms with Gasteiger partial charge >= 0.3 is 0 Å². The first-order chi connectivity index (χ1) is 40.9. The van der Waals surface area contributed by atoms with E-state index in [4.69, 9.17) is 66.3 Å². The van der Waals surface area contributed by atoms with Crippen LogP contribution >= 0.6 is 0 Å². The zero-order chi connectivity index (χ0) is 62.2. The molecule has 0 aromatic rings. The van der Waals surface area contributed by atoms with Crippen LogP contribution in [0.25, 0.3) is 0 Å². The number of aliphatic hydroxyl groups is 16. The normalized spacial score (nSPS) is 49.4. The molecule has 16 N–H and O–H groups in total. The Bertz CT molecular complexity index is 2360. The number of aliphatic hydroxyl groups excluding tert-OH is 16. The van der Waals surface area contributed by atoms with Gasteiger partial charge in [-0.2, -0.15) is 0 Å². The van der Waals surface area contributed by atoms with Crippen LogP contribution in [0.3, 0.4) is 0 Å². The lowest BCUT2D eigenvalue weighted by Crippen LogP contribution is -2.69. The molecule has 23 heterocycles. The van der Waals surface area contributed by atoms with Crippen LogP contribution in [0.1, 0.15) is 53.9 Å². The van der Waals surface area contributed by atoms with Gasteiger partial charge in [0.2, 0.25) is 0 Å². The van der Waals surface area contributed by atoms with E-state index in [-0.39, 0.29) is 5.41 Å². The molecule has 490 valence electrons. The molecule has 31 unspecified atom stereocenters. The van der Waals surface area contributed by atoms with Crippen LogP contribution in [0.4, 0.5) is 0 Å². The molecule has 0 amide bonds. The first-order valence-electron chi connectivity index (χ1n) is 29.0. The second kappa shape index (κ2) is 29.0. The van der Waals surface area contributed by atoms with Gasteiger partial charge in [-0.15, -0.1) is 0 Å². The maximum Gasteiger partial charge on any atom is 0.187 e. The molecule has 0 spiro atoms. The monoisotopic (exact) mass is 1240 g/mol. The van der Waals surface area contributed by atoms with E-state index in [1.165, 1.54) is 11.1 Å². The summed E-state index contributed by atoms with van der Waals surface area (Å²) >= 11 is 0. The highest BCUT2D eigenvalue weighted by Crippen LogP contribution is 2.42. The third-order valence-corrected chi connectivity index (χ3v) is 17.3. The molecule has 24 aliphatic rings. The summed E-state index contributed by atoms with van der Waals surface area (Å²) in [7, 11) is 0. The predicted octanol–water partition coefficient (Wildman–Crippen LogP) is -6.13. The van der Waals surface area contributed by atoms with E-state index in [0.29, 0.717) is 5.57 Å². The summed E-state index contributed by atoms with van der Waals surface area (Å²) in [6.07, 6.45) is -44.6. The van der Waals surface area contributed by atoms with Crippen LogP contribution in [0.15, 0.2) is 58.7 Å². The van der Waals surface area contributed by atoms with Crippen molar-refractivity contribution in [2.24, 2.45) is 5.41 Å². The van der Waals surface area contributed by atoms with Gasteiger partial charge in [-0.25, -0.2) is 0 Å². The number of hydrogen-bond donors (Lipinski definition) is 16. The van der Waals surface area contributed by atoms with Crippen molar-refractivity contribution >= 4 is 0 Å². The zero-order valence-corrected chi connectivity index (χ0v) is 48.1. The minimum Gasteiger partial charge on any atom is -0.394 e. The van der Waals surface area contributed by atoms with Gasteiger partial charge in [-0.3, -0.25) is 0 Å². The van der Waals surface area contributed by atoms with Gasteiger partial charge in [0.05, 0.1) is 39.6 Å². The first kappa shape index (κ1) is 67.9. The van der Waals surface area contributed by atoms with Crippen molar-refractivity contribution in [1.29, 1.82) is 0 Å². The van der Waals surface area contributed by atoms with Crippen LogP contribution in [0.2, 0.25) is 0 Å². The molecule has 14 bridgehead atoms. The molecule has 24 rings (SSSR count). The van der Waals surface area contributed by atoms with E-state index in [1.807, 2.05) is 25.2 Å². The van der Waals surface area contributed by atoms with Crippen molar-refractivity contribution in [3.05, 3.63) is 58.7 Å². The number of allylic oxidation sites excluding steroid dienone is 9. The second-order valence-electron chi connectivity index (χ2n) is 24.0. The molecule has 23 saturated heterocycles. The largest absolute Gasteiger partial charge is 0.394 e. The lowest BCUT2D eigenvalue weighted by atomic mass is 9.72. The van der Waals surface area contributed by atoms with E-state index in [9.17, 15) is 81.7 Å². The lowest BCUT2D eigenvalue weighted by Gasteiger charge is -2.50. The molecular formula is C56H86O30. The number of hydrogen-bond acceptors (Lipinski definition) is 30. The van der Waals surface area contributed by atoms with Crippen molar-refractivity contribution < 1.29 is 148 Å². The average Bonchev–Trinajstić information content (AvgIpc) is 1.38. The molecule has 0 aromatic carbocycles. The van der Waals surface area contributed by atoms with Gasteiger partial charge in [0.25, 0.3) is 0 Å². The van der Waals surface area contributed by atoms with Crippen LogP contribution in [0.5, 0.6) is 0 Å². The zero-order valence-electron chi connectivity index (χ0n) is 48.1. The van der Waals surface area contributed by atoms with E-state index in [0.717, 1.165) is 24.8 Å². The second-order valence-corrected chi connectivity index (χ2v) is 24.0. The van der Waals surface area contributed by atoms with Crippen molar-refractivity contribution in [1.82, 2.24) is 0 Å². The Hall–Kier alpha value is -2.50. The smallest absolute Gasteiger partial charge is 0.187 e. The van der Waals surface area contributed by atoms with Crippen molar-refractivity contribution in [2.45, 2.75) is 244 Å². The van der Waals surface area contributed by atoms with E-state index >= 15 is 0 Å². The van der Waals surface area contributed by atoms with Crippen LogP contribution in [0, 0.1) is 5.41 Å². The predicted molar refractivity (Wildman–Crippen MR) is 283 cm³/mol. The topological polar surface area (TPSA) is 453 Å². The van der Waals surface area contributed by atoms with Crippen LogP contribution in [-0.2, 0) is 66.3 Å². The molecule has 23 aliphatic heterocycles. The highest BCUT2D eigenvalue weighted by molar-refractivity contribution is 5.37. The molecule has 31 atom stereocenters. The fraction of sp³-hybridized carbons (Fsp3) is 0.821. The molecule has 30 heteroatoms. The summed E-state index contributed by atoms with van der Waals surface area (Å²) < 4.78 is 83.8. The Kier molecular flexibility index (Phi) is 22.9. The van der Waals surface area contributed by atoms with Crippen molar-refractivity contribution in [3.63, 3.8) is 0 Å². The SMILES string of the molecule is CC1=C(/C=C/C(C)=C/C=C/C(C)=C/C2OCC3OC4OC5C(CO2)OC(OC2C(CO)OC(OC6C(CO)OC(OC7C(CO)OC(OC8C(CO)OC(OC3C(O)C4O)C(O)C8O)C(O)C7O)C(O)C6O)C(O)C2O)C(O)C5O)C(C)(C)CCC1. The Morgan fingerprint density at radius 2 is 0.756 bits per heavy atom. The number of rotatable bonds is 9. The summed E-state index contributed by atoms with van der Waals surface area (Å²) in [5.74, 6) is 0. The summed E-state index contributed by atoms with van der Waals surface area (Å²) in [6, 6.07) is 0. The third-order valence-electron chi connectivity index (χ3n) is 17.3. The van der Waals surface area contributed by atoms with Gasteiger partial charge in [-0.1, -0.05) is 60.9 Å². The maximum atomic E-state index is 11.9. The molecule has 30 nitrogen and oxygen atoms in total. The highest BCUT2D eigenvalue weighted by atomic mass is 16.8. The Balaban J connectivity index is 1.05. The van der Waals surface area contributed by atoms with E-state index in [1.54, 1.807) is 19.1 Å². The van der Waals surface area contributed by atoms with Crippen molar-refractivity contribution in [3.8, 4) is 0 Å². The standard InChI is InChI=1S/C56H86O30/c1-21(11-12-24-23(3)10-7-13-56(24,4)5)8-6-9-22(2)14-31-73-19-29-48-37(66)43(72)55(80-29)86-49-30(20-74-31)79-54(42(71)36(49)65)84-47-28(18-60)77-52(40(69)34(47)63)82-45-26(16-58)75-50(38(67)32(45)61)81-44-25(15-57)76-51(39(68)33(44)62)83-46-27(17-59)78-53(85-48)41(70)35(46)64/h6,8-9,11-12,14,25-55,57-72H,7,10,13,15-20H2,1-5H3/b9-6+,12-11+,21-8+,22-14+. The molecule has 1 aliphatic carbocycles. The summed E-state index contributed by atoms with van der Waals surface area (Å²) in [5.41, 5.74) is 4.21. The van der Waals surface area contributed by atoms with Crippen molar-refractivity contribution in [2.75, 3.05) is 39.6 Å². The Morgan fingerprint density at radius 3 is 1.09 bits per heavy atom. The van der Waals surface area contributed by atoms with Gasteiger partial charge < -0.3 is 148 Å².